The van der Waals surface area contributed by atoms with Crippen molar-refractivity contribution >= 4 is 0 Å². The predicted molar refractivity (Wildman–Crippen MR) is 73.0 cm³/mol. The Morgan fingerprint density at radius 2 is 1.44 bits per heavy atom. The molecule has 1 aliphatic carbocycles. The van der Waals surface area contributed by atoms with Crippen molar-refractivity contribution in [1.29, 1.82) is 0 Å². The Morgan fingerprint density at radius 3 is 1.69 bits per heavy atom. The third-order valence-corrected chi connectivity index (χ3v) is 4.00. The van der Waals surface area contributed by atoms with Crippen molar-refractivity contribution in [3.63, 3.8) is 0 Å². The maximum absolute atomic E-state index is 5.59. The Labute approximate surface area is 102 Å². The van der Waals surface area contributed by atoms with Crippen molar-refractivity contribution in [3.8, 4) is 0 Å². The fourth-order valence-corrected chi connectivity index (χ4v) is 1.96. The third-order valence-electron chi connectivity index (χ3n) is 4.00. The van der Waals surface area contributed by atoms with Gasteiger partial charge in [-0.3, -0.25) is 0 Å². The quantitative estimate of drug-likeness (QED) is 0.726. The summed E-state index contributed by atoms with van der Waals surface area (Å²) < 4.78 is 0. The van der Waals surface area contributed by atoms with Crippen molar-refractivity contribution in [1.82, 2.24) is 0 Å². The summed E-state index contributed by atoms with van der Waals surface area (Å²) in [6, 6.07) is 0. The highest BCUT2D eigenvalue weighted by molar-refractivity contribution is 4.74. The topological polar surface area (TPSA) is 52.0 Å². The van der Waals surface area contributed by atoms with E-state index in [1.165, 1.54) is 38.5 Å². The first-order valence-corrected chi connectivity index (χ1v) is 7.02. The molecular weight excluding hydrogens is 196 g/mol. The molecule has 2 nitrogen and oxygen atoms in total. The molecule has 0 amide bonds. The summed E-state index contributed by atoms with van der Waals surface area (Å²) in [5.41, 5.74) is 11.2. The Hall–Kier alpha value is -0.0800. The highest BCUT2D eigenvalue weighted by Crippen LogP contribution is 2.28. The number of rotatable bonds is 3. The molecule has 1 rings (SSSR count). The molecule has 16 heavy (non-hydrogen) atoms. The summed E-state index contributed by atoms with van der Waals surface area (Å²) in [7, 11) is 0. The largest absolute Gasteiger partial charge is 0.316 e. The molecule has 0 aromatic rings. The van der Waals surface area contributed by atoms with Crippen LogP contribution in [-0.2, 0) is 0 Å². The molecule has 1 fully saturated rings. The van der Waals surface area contributed by atoms with Gasteiger partial charge in [-0.1, -0.05) is 53.4 Å². The Kier molecular flexibility index (Phi) is 8.96. The number of nitrogens with two attached hydrogens (primary N) is 2. The molecule has 2 heteroatoms. The molecule has 0 aromatic heterocycles. The summed E-state index contributed by atoms with van der Waals surface area (Å²) in [5.74, 6) is 2.43. The van der Waals surface area contributed by atoms with Crippen LogP contribution in [0.5, 0.6) is 0 Å². The van der Waals surface area contributed by atoms with Gasteiger partial charge in [-0.25, -0.2) is 0 Å². The van der Waals surface area contributed by atoms with Gasteiger partial charge in [0, 0.05) is 0 Å². The van der Waals surface area contributed by atoms with Crippen molar-refractivity contribution in [3.05, 3.63) is 0 Å². The molecule has 0 aromatic carbocycles. The van der Waals surface area contributed by atoms with Gasteiger partial charge in [-0.05, 0) is 30.6 Å². The van der Waals surface area contributed by atoms with E-state index in [4.69, 9.17) is 11.5 Å². The summed E-state index contributed by atoms with van der Waals surface area (Å²) in [5, 5.41) is 0. The van der Waals surface area contributed by atoms with Crippen LogP contribution in [0, 0.1) is 17.8 Å². The van der Waals surface area contributed by atoms with Crippen LogP contribution in [0.2, 0.25) is 0 Å². The zero-order valence-electron chi connectivity index (χ0n) is 11.7. The molecule has 0 spiro atoms. The first-order valence-electron chi connectivity index (χ1n) is 7.02. The standard InChI is InChI=1S/C8H18N2.C6H14/c1-6-2-4-7(5-3-6)8(9)10;1-4-6(3)5-2/h6-8H,2-5,9-10H2,1H3;6H,4-5H2,1-3H3. The van der Waals surface area contributed by atoms with Crippen LogP contribution in [0.3, 0.4) is 0 Å². The van der Waals surface area contributed by atoms with Crippen molar-refractivity contribution in [2.45, 2.75) is 72.4 Å². The lowest BCUT2D eigenvalue weighted by molar-refractivity contribution is 0.257. The fourth-order valence-electron chi connectivity index (χ4n) is 1.96. The minimum absolute atomic E-state index is 0.0764. The van der Waals surface area contributed by atoms with E-state index in [1.54, 1.807) is 0 Å². The molecule has 0 bridgehead atoms. The highest BCUT2D eigenvalue weighted by Gasteiger charge is 2.20. The first-order chi connectivity index (χ1) is 7.51. The van der Waals surface area contributed by atoms with Crippen LogP contribution in [0.4, 0.5) is 0 Å². The third kappa shape index (κ3) is 7.24. The zero-order chi connectivity index (χ0) is 12.6. The zero-order valence-corrected chi connectivity index (χ0v) is 11.7. The van der Waals surface area contributed by atoms with E-state index in [1.807, 2.05) is 0 Å². The molecule has 0 saturated heterocycles. The van der Waals surface area contributed by atoms with E-state index in [2.05, 4.69) is 27.7 Å². The fraction of sp³-hybridized carbons (Fsp3) is 1.00. The van der Waals surface area contributed by atoms with Gasteiger partial charge in [0.05, 0.1) is 6.17 Å². The van der Waals surface area contributed by atoms with Crippen LogP contribution >= 0.6 is 0 Å². The summed E-state index contributed by atoms with van der Waals surface area (Å²) in [6.07, 6.45) is 7.68. The van der Waals surface area contributed by atoms with E-state index in [0.29, 0.717) is 5.92 Å². The average molecular weight is 228 g/mol. The van der Waals surface area contributed by atoms with Gasteiger partial charge < -0.3 is 11.5 Å². The minimum Gasteiger partial charge on any atom is -0.316 e. The van der Waals surface area contributed by atoms with Crippen molar-refractivity contribution < 1.29 is 0 Å². The Bertz CT molecular complexity index is 145. The van der Waals surface area contributed by atoms with Gasteiger partial charge in [0.15, 0.2) is 0 Å². The lowest BCUT2D eigenvalue weighted by Crippen LogP contribution is -2.40. The summed E-state index contributed by atoms with van der Waals surface area (Å²) in [4.78, 5) is 0. The smallest absolute Gasteiger partial charge is 0.0549 e. The maximum Gasteiger partial charge on any atom is 0.0549 e. The molecule has 0 aliphatic heterocycles. The molecule has 0 unspecified atom stereocenters. The van der Waals surface area contributed by atoms with Gasteiger partial charge >= 0.3 is 0 Å². The van der Waals surface area contributed by atoms with E-state index < -0.39 is 0 Å². The van der Waals surface area contributed by atoms with Gasteiger partial charge in [0.1, 0.15) is 0 Å². The van der Waals surface area contributed by atoms with Gasteiger partial charge in [0.2, 0.25) is 0 Å². The predicted octanol–water partition coefficient (Wildman–Crippen LogP) is 3.50. The maximum atomic E-state index is 5.59. The van der Waals surface area contributed by atoms with Crippen LogP contribution < -0.4 is 11.5 Å². The summed E-state index contributed by atoms with van der Waals surface area (Å²) >= 11 is 0. The molecule has 1 saturated carbocycles. The first kappa shape index (κ1) is 15.9. The molecule has 98 valence electrons. The molecule has 1 aliphatic rings. The van der Waals surface area contributed by atoms with E-state index in [-0.39, 0.29) is 6.17 Å². The van der Waals surface area contributed by atoms with E-state index in [9.17, 15) is 0 Å². The SMILES string of the molecule is CC1CCC(C(N)N)CC1.CCC(C)CC. The monoisotopic (exact) mass is 228 g/mol. The van der Waals surface area contributed by atoms with E-state index in [0.717, 1.165) is 11.8 Å². The van der Waals surface area contributed by atoms with Gasteiger partial charge in [-0.2, -0.15) is 0 Å². The van der Waals surface area contributed by atoms with E-state index >= 15 is 0 Å². The molecular formula is C14H32N2. The van der Waals surface area contributed by atoms with Crippen LogP contribution in [-0.4, -0.2) is 6.17 Å². The second-order valence-corrected chi connectivity index (χ2v) is 5.52. The number of hydrogen-bond donors (Lipinski definition) is 2. The van der Waals surface area contributed by atoms with Gasteiger partial charge in [-0.15, -0.1) is 0 Å². The normalized spacial score (nSPS) is 25.5. The number of hydrogen-bond acceptors (Lipinski definition) is 2. The molecule has 0 atom stereocenters. The van der Waals surface area contributed by atoms with Crippen LogP contribution in [0.15, 0.2) is 0 Å². The minimum atomic E-state index is -0.0764. The summed E-state index contributed by atoms with van der Waals surface area (Å²) in [6.45, 7) is 9.04. The second kappa shape index (κ2) is 9.00. The highest BCUT2D eigenvalue weighted by atomic mass is 14.9. The van der Waals surface area contributed by atoms with Crippen molar-refractivity contribution in [2.75, 3.05) is 0 Å². The van der Waals surface area contributed by atoms with Gasteiger partial charge in [0.25, 0.3) is 0 Å². The molecule has 0 heterocycles. The molecule has 4 N–H and O–H groups in total. The Balaban J connectivity index is 0.000000325. The van der Waals surface area contributed by atoms with Crippen LogP contribution in [0.1, 0.15) is 66.2 Å². The van der Waals surface area contributed by atoms with Crippen LogP contribution in [0.25, 0.3) is 0 Å². The lowest BCUT2D eigenvalue weighted by Gasteiger charge is -2.28. The molecule has 0 radical (unpaired) electrons. The van der Waals surface area contributed by atoms with Crippen molar-refractivity contribution in [2.24, 2.45) is 29.2 Å². The average Bonchev–Trinajstić information content (AvgIpc) is 2.29. The lowest BCUT2D eigenvalue weighted by atomic mass is 9.82. The second-order valence-electron chi connectivity index (χ2n) is 5.52. The Morgan fingerprint density at radius 1 is 1.00 bits per heavy atom.